The van der Waals surface area contributed by atoms with Crippen LogP contribution in [0.1, 0.15) is 58.4 Å². The van der Waals surface area contributed by atoms with E-state index in [4.69, 9.17) is 25.7 Å². The first-order valence-electron chi connectivity index (χ1n) is 19.6. The zero-order valence-corrected chi connectivity index (χ0v) is 33.3. The Morgan fingerprint density at radius 1 is 0.917 bits per heavy atom. The average Bonchev–Trinajstić information content (AvgIpc) is 3.98. The number of para-hydroxylation sites is 1. The summed E-state index contributed by atoms with van der Waals surface area (Å²) in [5.74, 6) is -0.282. The maximum absolute atomic E-state index is 14.6. The SMILES string of the molecule is Cc1cc(O)cc(C)c1CC(NC(=O)C(CCCn1ccnc1N)OC(N)=O)C(=O)NC(Cc1c[nH]c2ccccc12)c1nc(Cc2ccc(-c3ccccc3)cc2)no1. The maximum Gasteiger partial charge on any atom is 0.405 e. The van der Waals surface area contributed by atoms with E-state index >= 15 is 0 Å². The van der Waals surface area contributed by atoms with Crippen LogP contribution < -0.4 is 22.1 Å². The van der Waals surface area contributed by atoms with Gasteiger partial charge in [-0.1, -0.05) is 78.0 Å². The van der Waals surface area contributed by atoms with E-state index in [0.29, 0.717) is 31.2 Å². The van der Waals surface area contributed by atoms with Crippen molar-refractivity contribution in [3.63, 3.8) is 0 Å². The maximum atomic E-state index is 14.6. The standard InChI is InChI=1S/C45H47N9O6/c1-27-21-33(55)22-28(2)35(27)25-37(50-42(57)39(59-45(47)58)13-8-19-54-20-18-48-44(54)46)41(56)51-38(24-32-26-49-36-12-7-6-11-34(32)36)43-52-40(53-60-43)23-29-14-16-31(17-15-29)30-9-4-3-5-10-30/h3-7,9-12,14-18,20-22,26,37-39,49,55H,8,13,19,23-25H2,1-2H3,(H2,46,48)(H2,47,58)(H,50,57)(H,51,56). The number of rotatable bonds is 17. The predicted molar refractivity (Wildman–Crippen MR) is 225 cm³/mol. The Labute approximate surface area is 346 Å². The molecule has 0 fully saturated rings. The van der Waals surface area contributed by atoms with Crippen LogP contribution in [0.5, 0.6) is 5.75 Å². The van der Waals surface area contributed by atoms with Crippen molar-refractivity contribution in [3.8, 4) is 16.9 Å². The van der Waals surface area contributed by atoms with Crippen molar-refractivity contribution in [2.24, 2.45) is 5.73 Å². The molecule has 3 atom stereocenters. The molecule has 3 aromatic heterocycles. The minimum Gasteiger partial charge on any atom is -0.508 e. The summed E-state index contributed by atoms with van der Waals surface area (Å²) < 4.78 is 12.8. The first-order valence-corrected chi connectivity index (χ1v) is 19.6. The number of benzene rings is 4. The van der Waals surface area contributed by atoms with E-state index in [-0.39, 0.29) is 30.9 Å². The molecule has 8 N–H and O–H groups in total. The number of carbonyl (C=O) groups is 3. The van der Waals surface area contributed by atoms with Crippen LogP contribution in [0.25, 0.3) is 22.0 Å². The number of amides is 3. The Kier molecular flexibility index (Phi) is 12.5. The second-order valence-corrected chi connectivity index (χ2v) is 14.8. The molecule has 0 aliphatic carbocycles. The highest BCUT2D eigenvalue weighted by molar-refractivity contribution is 5.91. The van der Waals surface area contributed by atoms with E-state index < -0.39 is 36.1 Å². The lowest BCUT2D eigenvalue weighted by Gasteiger charge is -2.25. The van der Waals surface area contributed by atoms with Gasteiger partial charge >= 0.3 is 6.09 Å². The molecule has 60 heavy (non-hydrogen) atoms. The molecule has 7 aromatic rings. The molecule has 0 spiro atoms. The third-order valence-electron chi connectivity index (χ3n) is 10.5. The molecule has 15 nitrogen and oxygen atoms in total. The first kappa shape index (κ1) is 40.8. The highest BCUT2D eigenvalue weighted by Crippen LogP contribution is 2.27. The zero-order chi connectivity index (χ0) is 42.2. The summed E-state index contributed by atoms with van der Waals surface area (Å²) >= 11 is 0. The Balaban J connectivity index is 1.16. The summed E-state index contributed by atoms with van der Waals surface area (Å²) in [4.78, 5) is 52.6. The van der Waals surface area contributed by atoms with Gasteiger partial charge < -0.3 is 46.0 Å². The summed E-state index contributed by atoms with van der Waals surface area (Å²) in [6.07, 6.45) is 3.84. The second-order valence-electron chi connectivity index (χ2n) is 14.8. The Hall–Kier alpha value is -7.42. The van der Waals surface area contributed by atoms with Gasteiger partial charge in [-0.2, -0.15) is 4.98 Å². The fourth-order valence-electron chi connectivity index (χ4n) is 7.43. The molecule has 308 valence electrons. The number of phenolic OH excluding ortho intramolecular Hbond substituents is 1. The largest absolute Gasteiger partial charge is 0.508 e. The number of aryl methyl sites for hydroxylation is 3. The summed E-state index contributed by atoms with van der Waals surface area (Å²) in [5.41, 5.74) is 18.5. The van der Waals surface area contributed by atoms with E-state index in [9.17, 15) is 19.5 Å². The van der Waals surface area contributed by atoms with E-state index in [0.717, 1.165) is 49.8 Å². The number of fused-ring (bicyclic) bond motifs is 1. The summed E-state index contributed by atoms with van der Waals surface area (Å²) in [5, 5.41) is 21.5. The molecule has 0 aliphatic heterocycles. The third-order valence-corrected chi connectivity index (χ3v) is 10.5. The Morgan fingerprint density at radius 2 is 1.63 bits per heavy atom. The molecule has 7 rings (SSSR count). The smallest absolute Gasteiger partial charge is 0.405 e. The van der Waals surface area contributed by atoms with E-state index in [2.05, 4.69) is 37.9 Å². The molecule has 4 aromatic carbocycles. The molecule has 3 unspecified atom stereocenters. The van der Waals surface area contributed by atoms with Crippen LogP contribution in [0.4, 0.5) is 10.7 Å². The van der Waals surface area contributed by atoms with Crippen LogP contribution in [-0.2, 0) is 40.1 Å². The topological polar surface area (TPSA) is 229 Å². The van der Waals surface area contributed by atoms with Crippen molar-refractivity contribution in [1.82, 2.24) is 35.3 Å². The summed E-state index contributed by atoms with van der Waals surface area (Å²) in [6, 6.07) is 27.2. The monoisotopic (exact) mass is 809 g/mol. The molecule has 0 bridgehead atoms. The van der Waals surface area contributed by atoms with E-state index in [1.165, 1.54) is 0 Å². The highest BCUT2D eigenvalue weighted by Gasteiger charge is 2.32. The third kappa shape index (κ3) is 9.99. The van der Waals surface area contributed by atoms with E-state index in [1.54, 1.807) is 29.1 Å². The quantitative estimate of drug-likeness (QED) is 0.0630. The fraction of sp³-hybridized carbons (Fsp3) is 0.244. The van der Waals surface area contributed by atoms with Crippen molar-refractivity contribution in [1.29, 1.82) is 0 Å². The number of ether oxygens (including phenoxy) is 1. The number of carbonyl (C=O) groups excluding carboxylic acids is 3. The van der Waals surface area contributed by atoms with Gasteiger partial charge in [0.2, 0.25) is 11.8 Å². The van der Waals surface area contributed by atoms with Gasteiger partial charge in [0.05, 0.1) is 0 Å². The van der Waals surface area contributed by atoms with Crippen molar-refractivity contribution in [2.75, 3.05) is 5.73 Å². The van der Waals surface area contributed by atoms with Gasteiger partial charge in [-0.05, 0) is 83.8 Å². The van der Waals surface area contributed by atoms with Crippen LogP contribution in [-0.4, -0.2) is 59.8 Å². The van der Waals surface area contributed by atoms with Gasteiger partial charge in [-0.25, -0.2) is 9.78 Å². The molecule has 0 aliphatic rings. The fourth-order valence-corrected chi connectivity index (χ4v) is 7.43. The zero-order valence-electron chi connectivity index (χ0n) is 33.3. The average molecular weight is 810 g/mol. The lowest BCUT2D eigenvalue weighted by atomic mass is 9.95. The number of phenols is 1. The molecule has 15 heteroatoms. The second kappa shape index (κ2) is 18.4. The number of aromatic nitrogens is 5. The van der Waals surface area contributed by atoms with Gasteiger partial charge in [-0.3, -0.25) is 9.59 Å². The van der Waals surface area contributed by atoms with Gasteiger partial charge in [0.15, 0.2) is 17.9 Å². The number of H-pyrrole nitrogens is 1. The highest BCUT2D eigenvalue weighted by atomic mass is 16.6. The van der Waals surface area contributed by atoms with Crippen molar-refractivity contribution >= 4 is 34.8 Å². The lowest BCUT2D eigenvalue weighted by molar-refractivity contribution is -0.134. The summed E-state index contributed by atoms with van der Waals surface area (Å²) in [6.45, 7) is 4.03. The lowest BCUT2D eigenvalue weighted by Crippen LogP contribution is -2.52. The number of nitrogens with two attached hydrogens (primary N) is 2. The minimum absolute atomic E-state index is 0.0399. The molecule has 0 saturated carbocycles. The number of nitrogens with zero attached hydrogens (tertiary/aromatic N) is 4. The van der Waals surface area contributed by atoms with Crippen LogP contribution in [0.15, 0.2) is 114 Å². The number of hydrogen-bond donors (Lipinski definition) is 6. The Bertz CT molecular complexity index is 2560. The van der Waals surface area contributed by atoms with Crippen LogP contribution in [0.2, 0.25) is 0 Å². The molecule has 0 radical (unpaired) electrons. The number of aromatic hydroxyl groups is 1. The van der Waals surface area contributed by atoms with Crippen LogP contribution in [0.3, 0.4) is 0 Å². The van der Waals surface area contributed by atoms with Crippen molar-refractivity contribution < 1.29 is 28.8 Å². The van der Waals surface area contributed by atoms with Crippen LogP contribution >= 0.6 is 0 Å². The van der Waals surface area contributed by atoms with Crippen molar-refractivity contribution in [2.45, 2.75) is 70.7 Å². The van der Waals surface area contributed by atoms with Gasteiger partial charge in [0.25, 0.3) is 5.91 Å². The molecular formula is C45H47N9O6. The number of imidazole rings is 1. The Morgan fingerprint density at radius 3 is 2.35 bits per heavy atom. The van der Waals surface area contributed by atoms with Gasteiger partial charge in [0, 0.05) is 55.3 Å². The van der Waals surface area contributed by atoms with Crippen molar-refractivity contribution in [3.05, 3.63) is 149 Å². The predicted octanol–water partition coefficient (Wildman–Crippen LogP) is 5.98. The molecule has 3 amide bonds. The van der Waals surface area contributed by atoms with E-state index in [1.807, 2.05) is 86.8 Å². The number of aromatic amines is 1. The summed E-state index contributed by atoms with van der Waals surface area (Å²) in [7, 11) is 0. The number of nitrogen functional groups attached to an aromatic ring is 1. The molecular weight excluding hydrogens is 763 g/mol. The number of primary amides is 1. The normalized spacial score (nSPS) is 12.8. The molecule has 0 saturated heterocycles. The number of nitrogens with one attached hydrogen (secondary N) is 3. The molecule has 3 heterocycles. The number of anilines is 1. The van der Waals surface area contributed by atoms with Gasteiger partial charge in [0.1, 0.15) is 17.8 Å². The first-order chi connectivity index (χ1) is 29.0. The van der Waals surface area contributed by atoms with Crippen LogP contribution in [0, 0.1) is 13.8 Å². The number of hydrogen-bond acceptors (Lipinski definition) is 10. The van der Waals surface area contributed by atoms with Gasteiger partial charge in [-0.15, -0.1) is 0 Å². The minimum atomic E-state index is -1.31.